The number of cyclic esters (lactones) is 1. The number of hydrogen-bond acceptors (Lipinski definition) is 4. The Bertz CT molecular complexity index is 344. The fourth-order valence-corrected chi connectivity index (χ4v) is 1.46. The molecule has 0 aromatic carbocycles. The van der Waals surface area contributed by atoms with E-state index >= 15 is 0 Å². The number of ether oxygens (including phenoxy) is 1. The lowest BCUT2D eigenvalue weighted by Gasteiger charge is -2.13. The van der Waals surface area contributed by atoms with Crippen molar-refractivity contribution in [3.05, 3.63) is 5.21 Å². The molecule has 17 heavy (non-hydrogen) atoms. The van der Waals surface area contributed by atoms with Crippen LogP contribution < -0.4 is 0 Å². The molecule has 0 spiro atoms. The first-order valence-corrected chi connectivity index (χ1v) is 5.56. The first kappa shape index (κ1) is 13.5. The van der Waals surface area contributed by atoms with E-state index in [1.165, 1.54) is 6.21 Å². The van der Waals surface area contributed by atoms with Crippen LogP contribution in [0.4, 0.5) is 4.79 Å². The van der Waals surface area contributed by atoms with E-state index < -0.39 is 6.09 Å². The third-order valence-electron chi connectivity index (χ3n) is 2.14. The minimum absolute atomic E-state index is 0.0190. The number of nitrogens with zero attached hydrogens (tertiary/aromatic N) is 2. The summed E-state index contributed by atoms with van der Waals surface area (Å²) in [6, 6.07) is 0. The lowest BCUT2D eigenvalue weighted by molar-refractivity contribution is -0.455. The van der Waals surface area contributed by atoms with Gasteiger partial charge in [-0.15, -0.1) is 0 Å². The van der Waals surface area contributed by atoms with E-state index in [2.05, 4.69) is 4.74 Å². The molecule has 6 nitrogen and oxygen atoms in total. The quantitative estimate of drug-likeness (QED) is 0.320. The van der Waals surface area contributed by atoms with Crippen molar-refractivity contribution in [2.75, 3.05) is 19.7 Å². The van der Waals surface area contributed by atoms with Gasteiger partial charge in [0.15, 0.2) is 12.8 Å². The fourth-order valence-electron chi connectivity index (χ4n) is 1.46. The summed E-state index contributed by atoms with van der Waals surface area (Å²) in [5.74, 6) is -0.365. The topological polar surface area (TPSA) is 72.7 Å². The Hall–Kier alpha value is -1.59. The lowest BCUT2D eigenvalue weighted by atomic mass is 9.99. The molecule has 1 aliphatic heterocycles. The van der Waals surface area contributed by atoms with Crippen molar-refractivity contribution in [1.82, 2.24) is 4.90 Å². The number of carbonyl (C=O) groups excluding carboxylic acids is 2. The summed E-state index contributed by atoms with van der Waals surface area (Å²) in [6.45, 7) is 6.27. The Balaban J connectivity index is 2.43. The molecule has 1 aliphatic rings. The highest BCUT2D eigenvalue weighted by Crippen LogP contribution is 2.09. The van der Waals surface area contributed by atoms with E-state index in [0.29, 0.717) is 0 Å². The van der Waals surface area contributed by atoms with Gasteiger partial charge in [0, 0.05) is 5.41 Å². The fraction of sp³-hybridized carbons (Fsp3) is 0.727. The van der Waals surface area contributed by atoms with Crippen LogP contribution in [0.3, 0.4) is 0 Å². The van der Waals surface area contributed by atoms with Crippen LogP contribution in [-0.2, 0) is 9.53 Å². The van der Waals surface area contributed by atoms with Gasteiger partial charge in [0.1, 0.15) is 6.61 Å². The van der Waals surface area contributed by atoms with Gasteiger partial charge in [0.25, 0.3) is 0 Å². The molecule has 0 aliphatic carbocycles. The van der Waals surface area contributed by atoms with E-state index in [4.69, 9.17) is 0 Å². The molecule has 1 fully saturated rings. The zero-order chi connectivity index (χ0) is 13.1. The molecule has 1 rings (SSSR count). The van der Waals surface area contributed by atoms with Gasteiger partial charge >= 0.3 is 6.09 Å². The molecule has 0 radical (unpaired) electrons. The van der Waals surface area contributed by atoms with E-state index in [1.807, 2.05) is 20.8 Å². The summed E-state index contributed by atoms with van der Waals surface area (Å²) in [5, 5.41) is 11.4. The summed E-state index contributed by atoms with van der Waals surface area (Å²) >= 11 is 0. The van der Waals surface area contributed by atoms with Crippen molar-refractivity contribution >= 4 is 18.2 Å². The van der Waals surface area contributed by atoms with Crippen LogP contribution in [-0.4, -0.2) is 47.6 Å². The summed E-state index contributed by atoms with van der Waals surface area (Å²) in [7, 11) is 0. The Morgan fingerprint density at radius 2 is 2.24 bits per heavy atom. The molecular weight excluding hydrogens is 224 g/mol. The molecule has 0 N–H and O–H groups in total. The monoisotopic (exact) mass is 242 g/mol. The van der Waals surface area contributed by atoms with Crippen molar-refractivity contribution in [2.24, 2.45) is 5.41 Å². The Morgan fingerprint density at radius 3 is 2.71 bits per heavy atom. The molecule has 1 saturated heterocycles. The van der Waals surface area contributed by atoms with Crippen LogP contribution in [0.25, 0.3) is 0 Å². The van der Waals surface area contributed by atoms with E-state index in [1.54, 1.807) is 0 Å². The Labute approximate surface area is 100 Å². The second-order valence-electron chi connectivity index (χ2n) is 5.05. The molecule has 0 aromatic heterocycles. The van der Waals surface area contributed by atoms with Crippen LogP contribution in [0.15, 0.2) is 0 Å². The predicted octanol–water partition coefficient (Wildman–Crippen LogP) is 0.983. The van der Waals surface area contributed by atoms with Crippen LogP contribution in [0.1, 0.15) is 27.2 Å². The average molecular weight is 242 g/mol. The molecule has 0 saturated carbocycles. The number of hydroxylamine groups is 1. The number of carbonyl (C=O) groups is 2. The highest BCUT2D eigenvalue weighted by Gasteiger charge is 2.28. The number of imide groups is 1. The maximum Gasteiger partial charge on any atom is 0.416 e. The van der Waals surface area contributed by atoms with Crippen molar-refractivity contribution < 1.29 is 19.1 Å². The summed E-state index contributed by atoms with van der Waals surface area (Å²) in [4.78, 5) is 23.7. The molecule has 0 aromatic rings. The van der Waals surface area contributed by atoms with Gasteiger partial charge in [-0.25, -0.2) is 14.4 Å². The summed E-state index contributed by atoms with van der Waals surface area (Å²) in [5.41, 5.74) is -0.225. The van der Waals surface area contributed by atoms with Gasteiger partial charge in [0.05, 0.1) is 13.0 Å². The highest BCUT2D eigenvalue weighted by atomic mass is 16.6. The minimum atomic E-state index is -0.618. The van der Waals surface area contributed by atoms with Gasteiger partial charge in [-0.1, -0.05) is 20.8 Å². The van der Waals surface area contributed by atoms with Crippen molar-refractivity contribution in [3.8, 4) is 0 Å². The maximum atomic E-state index is 11.6. The van der Waals surface area contributed by atoms with E-state index in [-0.39, 0.29) is 37.4 Å². The largest absolute Gasteiger partial charge is 0.624 e. The zero-order valence-corrected chi connectivity index (χ0v) is 10.4. The van der Waals surface area contributed by atoms with Crippen LogP contribution in [0.2, 0.25) is 0 Å². The molecule has 0 atom stereocenters. The maximum absolute atomic E-state index is 11.6. The SMILES string of the molecule is CC(C)(C)/C=[N+](\[O-])CCC(=O)N1CCOC1=O. The van der Waals surface area contributed by atoms with Gasteiger partial charge in [-0.2, -0.15) is 0 Å². The third-order valence-corrected chi connectivity index (χ3v) is 2.14. The molecule has 0 bridgehead atoms. The van der Waals surface area contributed by atoms with Gasteiger partial charge in [-0.05, 0) is 0 Å². The van der Waals surface area contributed by atoms with E-state index in [9.17, 15) is 14.8 Å². The number of amides is 2. The summed E-state index contributed by atoms with van der Waals surface area (Å²) < 4.78 is 5.38. The minimum Gasteiger partial charge on any atom is -0.624 e. The molecule has 0 unspecified atom stereocenters. The lowest BCUT2D eigenvalue weighted by Crippen LogP contribution is -2.33. The average Bonchev–Trinajstić information content (AvgIpc) is 2.58. The number of hydrogen-bond donors (Lipinski definition) is 0. The van der Waals surface area contributed by atoms with E-state index in [0.717, 1.165) is 9.64 Å². The predicted molar refractivity (Wildman–Crippen MR) is 61.7 cm³/mol. The normalized spacial score (nSPS) is 17.2. The van der Waals surface area contributed by atoms with Gasteiger partial charge in [0.2, 0.25) is 5.91 Å². The molecule has 2 amide bonds. The van der Waals surface area contributed by atoms with Crippen LogP contribution in [0, 0.1) is 10.6 Å². The number of rotatable bonds is 3. The molecule has 6 heteroatoms. The molecule has 1 heterocycles. The molecule has 96 valence electrons. The Kier molecular flexibility index (Phi) is 4.09. The second kappa shape index (κ2) is 5.16. The second-order valence-corrected chi connectivity index (χ2v) is 5.05. The van der Waals surface area contributed by atoms with Gasteiger partial charge < -0.3 is 9.94 Å². The van der Waals surface area contributed by atoms with Crippen molar-refractivity contribution in [3.63, 3.8) is 0 Å². The smallest absolute Gasteiger partial charge is 0.416 e. The third kappa shape index (κ3) is 4.42. The molecular formula is C11H18N2O4. The van der Waals surface area contributed by atoms with Crippen molar-refractivity contribution in [1.29, 1.82) is 0 Å². The highest BCUT2D eigenvalue weighted by molar-refractivity contribution is 5.92. The first-order valence-electron chi connectivity index (χ1n) is 5.56. The zero-order valence-electron chi connectivity index (χ0n) is 10.4. The van der Waals surface area contributed by atoms with Gasteiger partial charge in [-0.3, -0.25) is 4.79 Å². The summed E-state index contributed by atoms with van der Waals surface area (Å²) in [6.07, 6.45) is 0.917. The van der Waals surface area contributed by atoms with Crippen LogP contribution in [0.5, 0.6) is 0 Å². The first-order chi connectivity index (χ1) is 7.79. The van der Waals surface area contributed by atoms with Crippen LogP contribution >= 0.6 is 0 Å². The standard InChI is InChI=1S/C11H18N2O4/c1-11(2,3)8-12(16)5-4-9(14)13-6-7-17-10(13)15/h8H,4-7H2,1-3H3/b12-8-. The Morgan fingerprint density at radius 1 is 1.59 bits per heavy atom. The van der Waals surface area contributed by atoms with Crippen molar-refractivity contribution in [2.45, 2.75) is 27.2 Å².